The number of nitrogens with zero attached hydrogens (tertiary/aromatic N) is 1. The van der Waals surface area contributed by atoms with Gasteiger partial charge < -0.3 is 20.3 Å². The van der Waals surface area contributed by atoms with Crippen molar-refractivity contribution in [2.45, 2.75) is 105 Å². The van der Waals surface area contributed by atoms with Crippen molar-refractivity contribution >= 4 is 17.9 Å². The van der Waals surface area contributed by atoms with Crippen LogP contribution in [-0.4, -0.2) is 46.0 Å². The Morgan fingerprint density at radius 2 is 1.63 bits per heavy atom. The second-order valence-corrected chi connectivity index (χ2v) is 11.2. The highest BCUT2D eigenvalue weighted by molar-refractivity contribution is 5.93. The standard InChI is InChI=1S/C28H43N3O4/c1-12-19(5)31(25(33)22(18(3)4)29-26(34)35-28(9,10)11)23(24(32)30-27(6,7)8)21-17-15-14-16-20(21)13-2/h2,14-19,22-23H,12H2,1,3-11H3,(H,29,34)(H,30,32). The van der Waals surface area contributed by atoms with E-state index in [1.807, 2.05) is 48.5 Å². The number of rotatable bonds is 8. The highest BCUT2D eigenvalue weighted by atomic mass is 16.6. The van der Waals surface area contributed by atoms with Gasteiger partial charge in [0.25, 0.3) is 0 Å². The molecule has 1 rings (SSSR count). The molecule has 1 aromatic rings. The fourth-order valence-electron chi connectivity index (χ4n) is 3.63. The van der Waals surface area contributed by atoms with Gasteiger partial charge in [0.15, 0.2) is 0 Å². The number of nitrogens with one attached hydrogen (secondary N) is 2. The monoisotopic (exact) mass is 485 g/mol. The van der Waals surface area contributed by atoms with Crippen LogP contribution in [0.1, 0.15) is 92.8 Å². The zero-order valence-corrected chi connectivity index (χ0v) is 23.0. The molecule has 0 saturated heterocycles. The number of terminal acetylenes is 1. The fraction of sp³-hybridized carbons (Fsp3) is 0.607. The molecular weight excluding hydrogens is 442 g/mol. The summed E-state index contributed by atoms with van der Waals surface area (Å²) < 4.78 is 5.40. The van der Waals surface area contributed by atoms with Crippen LogP contribution in [0.25, 0.3) is 0 Å². The van der Waals surface area contributed by atoms with Gasteiger partial charge in [0.1, 0.15) is 17.7 Å². The Kier molecular flexibility index (Phi) is 10.4. The van der Waals surface area contributed by atoms with Crippen LogP contribution in [0.5, 0.6) is 0 Å². The van der Waals surface area contributed by atoms with Crippen LogP contribution < -0.4 is 10.6 Å². The van der Waals surface area contributed by atoms with Gasteiger partial charge in [-0.2, -0.15) is 0 Å². The SMILES string of the molecule is C#Cc1ccccc1C(C(=O)NC(C)(C)C)N(C(=O)C(NC(=O)OC(C)(C)C)C(C)C)C(C)CC. The lowest BCUT2D eigenvalue weighted by Gasteiger charge is -2.40. The van der Waals surface area contributed by atoms with Crippen LogP contribution in [0.3, 0.4) is 0 Å². The first kappa shape index (κ1) is 30.0. The molecule has 0 heterocycles. The van der Waals surface area contributed by atoms with Crippen molar-refractivity contribution < 1.29 is 19.1 Å². The van der Waals surface area contributed by atoms with E-state index >= 15 is 0 Å². The molecule has 0 aromatic heterocycles. The van der Waals surface area contributed by atoms with E-state index in [1.165, 1.54) is 0 Å². The lowest BCUT2D eigenvalue weighted by Crippen LogP contribution is -2.58. The molecule has 0 bridgehead atoms. The van der Waals surface area contributed by atoms with Crippen molar-refractivity contribution in [2.75, 3.05) is 0 Å². The van der Waals surface area contributed by atoms with Crippen molar-refractivity contribution in [3.05, 3.63) is 35.4 Å². The highest BCUT2D eigenvalue weighted by Crippen LogP contribution is 2.30. The Hall–Kier alpha value is -3.01. The van der Waals surface area contributed by atoms with Gasteiger partial charge in [-0.05, 0) is 72.4 Å². The number of amides is 3. The molecule has 3 atom stereocenters. The molecule has 0 fully saturated rings. The molecular formula is C28H43N3O4. The van der Waals surface area contributed by atoms with Crippen molar-refractivity contribution in [3.8, 4) is 12.3 Å². The lowest BCUT2D eigenvalue weighted by molar-refractivity contribution is -0.146. The average molecular weight is 486 g/mol. The van der Waals surface area contributed by atoms with Crippen LogP contribution in [0.2, 0.25) is 0 Å². The van der Waals surface area contributed by atoms with Gasteiger partial charge in [-0.3, -0.25) is 9.59 Å². The summed E-state index contributed by atoms with van der Waals surface area (Å²) in [7, 11) is 0. The molecule has 194 valence electrons. The first-order valence-electron chi connectivity index (χ1n) is 12.2. The minimum atomic E-state index is -0.981. The smallest absolute Gasteiger partial charge is 0.408 e. The average Bonchev–Trinajstić information content (AvgIpc) is 2.72. The van der Waals surface area contributed by atoms with Crippen molar-refractivity contribution in [3.63, 3.8) is 0 Å². The van der Waals surface area contributed by atoms with Crippen LogP contribution in [0, 0.1) is 18.3 Å². The largest absolute Gasteiger partial charge is 0.444 e. The molecule has 7 heteroatoms. The molecule has 3 amide bonds. The number of benzene rings is 1. The van der Waals surface area contributed by atoms with E-state index in [9.17, 15) is 14.4 Å². The molecule has 2 N–H and O–H groups in total. The topological polar surface area (TPSA) is 87.7 Å². The predicted octanol–water partition coefficient (Wildman–Crippen LogP) is 4.80. The molecule has 0 radical (unpaired) electrons. The van der Waals surface area contributed by atoms with Crippen molar-refractivity contribution in [2.24, 2.45) is 5.92 Å². The summed E-state index contributed by atoms with van der Waals surface area (Å²) in [5.41, 5.74) is -0.156. The normalized spacial score (nSPS) is 14.3. The Balaban J connectivity index is 3.64. The molecule has 35 heavy (non-hydrogen) atoms. The molecule has 3 unspecified atom stereocenters. The van der Waals surface area contributed by atoms with E-state index in [0.717, 1.165) is 0 Å². The second-order valence-electron chi connectivity index (χ2n) is 11.2. The minimum absolute atomic E-state index is 0.254. The maximum atomic E-state index is 14.1. The molecule has 0 spiro atoms. The number of carbonyl (C=O) groups is 3. The Bertz CT molecular complexity index is 935. The van der Waals surface area contributed by atoms with Crippen LogP contribution in [-0.2, 0) is 14.3 Å². The molecule has 7 nitrogen and oxygen atoms in total. The van der Waals surface area contributed by atoms with Crippen LogP contribution >= 0.6 is 0 Å². The molecule has 0 saturated carbocycles. The zero-order valence-electron chi connectivity index (χ0n) is 23.0. The Labute approximate surface area is 211 Å². The maximum absolute atomic E-state index is 14.1. The molecule has 1 aromatic carbocycles. The highest BCUT2D eigenvalue weighted by Gasteiger charge is 2.40. The van der Waals surface area contributed by atoms with E-state index in [-0.39, 0.29) is 23.8 Å². The van der Waals surface area contributed by atoms with Gasteiger partial charge in [-0.1, -0.05) is 44.9 Å². The van der Waals surface area contributed by atoms with Gasteiger partial charge in [0.05, 0.1) is 0 Å². The molecule has 0 aliphatic heterocycles. The summed E-state index contributed by atoms with van der Waals surface area (Å²) in [6.45, 7) is 18.4. The second kappa shape index (κ2) is 12.1. The van der Waals surface area contributed by atoms with Crippen LogP contribution in [0.15, 0.2) is 24.3 Å². The summed E-state index contributed by atoms with van der Waals surface area (Å²) in [5.74, 6) is 1.68. The molecule has 0 aliphatic carbocycles. The van der Waals surface area contributed by atoms with E-state index in [1.54, 1.807) is 49.9 Å². The first-order valence-corrected chi connectivity index (χ1v) is 12.2. The minimum Gasteiger partial charge on any atom is -0.444 e. The number of hydrogen-bond donors (Lipinski definition) is 2. The van der Waals surface area contributed by atoms with Crippen molar-refractivity contribution in [1.82, 2.24) is 15.5 Å². The summed E-state index contributed by atoms with van der Waals surface area (Å²) >= 11 is 0. The third kappa shape index (κ3) is 8.93. The van der Waals surface area contributed by atoms with E-state index < -0.39 is 29.3 Å². The van der Waals surface area contributed by atoms with Gasteiger partial charge in [-0.15, -0.1) is 6.42 Å². The first-order chi connectivity index (χ1) is 16.0. The third-order valence-electron chi connectivity index (χ3n) is 5.36. The number of carbonyl (C=O) groups excluding carboxylic acids is 3. The number of alkyl carbamates (subject to hydrolysis) is 1. The maximum Gasteiger partial charge on any atom is 0.408 e. The lowest BCUT2D eigenvalue weighted by atomic mass is 9.93. The fourth-order valence-corrected chi connectivity index (χ4v) is 3.63. The Morgan fingerprint density at radius 1 is 1.06 bits per heavy atom. The summed E-state index contributed by atoms with van der Waals surface area (Å²) in [5, 5.41) is 5.74. The van der Waals surface area contributed by atoms with Gasteiger partial charge in [0, 0.05) is 17.1 Å². The summed E-state index contributed by atoms with van der Waals surface area (Å²) in [6.07, 6.45) is 5.69. The third-order valence-corrected chi connectivity index (χ3v) is 5.36. The zero-order chi connectivity index (χ0) is 27.1. The molecule has 0 aliphatic rings. The number of hydrogen-bond acceptors (Lipinski definition) is 4. The summed E-state index contributed by atoms with van der Waals surface area (Å²) in [4.78, 5) is 42.0. The van der Waals surface area contributed by atoms with Gasteiger partial charge >= 0.3 is 6.09 Å². The van der Waals surface area contributed by atoms with Crippen molar-refractivity contribution in [1.29, 1.82) is 0 Å². The van der Waals surface area contributed by atoms with Gasteiger partial charge in [-0.25, -0.2) is 4.79 Å². The quantitative estimate of drug-likeness (QED) is 0.518. The van der Waals surface area contributed by atoms with Crippen LogP contribution in [0.4, 0.5) is 4.79 Å². The summed E-state index contributed by atoms with van der Waals surface area (Å²) in [6, 6.07) is 4.93. The number of ether oxygens (including phenoxy) is 1. The van der Waals surface area contributed by atoms with E-state index in [2.05, 4.69) is 16.6 Å². The predicted molar refractivity (Wildman–Crippen MR) is 140 cm³/mol. The Morgan fingerprint density at radius 3 is 2.09 bits per heavy atom. The van der Waals surface area contributed by atoms with E-state index in [4.69, 9.17) is 11.2 Å². The van der Waals surface area contributed by atoms with E-state index in [0.29, 0.717) is 17.5 Å². The van der Waals surface area contributed by atoms with Gasteiger partial charge in [0.2, 0.25) is 11.8 Å².